The van der Waals surface area contributed by atoms with Gasteiger partial charge in [0.15, 0.2) is 0 Å². The van der Waals surface area contributed by atoms with E-state index in [0.717, 1.165) is 11.9 Å². The number of aryl methyl sites for hydroxylation is 1. The number of nitrogens with zero attached hydrogens (tertiary/aromatic N) is 1. The number of pyridine rings is 1. The van der Waals surface area contributed by atoms with Gasteiger partial charge in [-0.1, -0.05) is 101 Å². The minimum Gasteiger partial charge on any atom is -0.236 e. The molecule has 24 heavy (non-hydrogen) atoms. The van der Waals surface area contributed by atoms with Gasteiger partial charge in [-0.05, 0) is 30.5 Å². The first-order valence-corrected chi connectivity index (χ1v) is 10.2. The average molecular weight is 346 g/mol. The number of halogens is 1. The summed E-state index contributed by atoms with van der Waals surface area (Å²) in [4.78, 5) is 4.51. The highest BCUT2D eigenvalue weighted by atomic mass is 35.5. The third-order valence-electron chi connectivity index (χ3n) is 4.80. The summed E-state index contributed by atoms with van der Waals surface area (Å²) < 4.78 is 0. The second kappa shape index (κ2) is 11.5. The van der Waals surface area contributed by atoms with Crippen LogP contribution in [0.25, 0.3) is 10.9 Å². The third-order valence-corrected chi connectivity index (χ3v) is 5.13. The fourth-order valence-electron chi connectivity index (χ4n) is 3.29. The number of aromatic nitrogens is 1. The summed E-state index contributed by atoms with van der Waals surface area (Å²) in [6.45, 7) is 2.28. The van der Waals surface area contributed by atoms with Crippen molar-refractivity contribution in [2.75, 3.05) is 0 Å². The Kier molecular flexibility index (Phi) is 9.20. The number of rotatable bonds is 12. The van der Waals surface area contributed by atoms with Crippen molar-refractivity contribution in [2.45, 2.75) is 84.0 Å². The molecule has 2 heteroatoms. The van der Waals surface area contributed by atoms with Crippen LogP contribution < -0.4 is 0 Å². The highest BCUT2D eigenvalue weighted by Crippen LogP contribution is 2.22. The van der Waals surface area contributed by atoms with Crippen LogP contribution in [0.2, 0.25) is 5.15 Å². The summed E-state index contributed by atoms with van der Waals surface area (Å²) in [5.74, 6) is 0. The van der Waals surface area contributed by atoms with Crippen molar-refractivity contribution in [1.29, 1.82) is 0 Å². The van der Waals surface area contributed by atoms with Gasteiger partial charge in [0.2, 0.25) is 0 Å². The number of unbranched alkanes of at least 4 members (excludes halogenated alkanes) is 10. The van der Waals surface area contributed by atoms with Gasteiger partial charge in [0, 0.05) is 5.39 Å². The van der Waals surface area contributed by atoms with Crippen LogP contribution in [0, 0.1) is 0 Å². The number of hydrogen-bond acceptors (Lipinski definition) is 1. The van der Waals surface area contributed by atoms with Crippen molar-refractivity contribution >= 4 is 22.5 Å². The van der Waals surface area contributed by atoms with Crippen LogP contribution in [0.4, 0.5) is 0 Å². The molecule has 2 aromatic rings. The number of para-hydroxylation sites is 1. The van der Waals surface area contributed by atoms with E-state index in [9.17, 15) is 0 Å². The van der Waals surface area contributed by atoms with E-state index in [1.54, 1.807) is 0 Å². The molecule has 132 valence electrons. The zero-order valence-electron chi connectivity index (χ0n) is 15.2. The van der Waals surface area contributed by atoms with Crippen molar-refractivity contribution < 1.29 is 0 Å². The fourth-order valence-corrected chi connectivity index (χ4v) is 3.53. The third kappa shape index (κ3) is 6.81. The van der Waals surface area contributed by atoms with Gasteiger partial charge in [0.1, 0.15) is 5.15 Å². The molecule has 0 saturated heterocycles. The maximum absolute atomic E-state index is 6.33. The second-order valence-corrected chi connectivity index (χ2v) is 7.27. The van der Waals surface area contributed by atoms with Crippen LogP contribution in [0.5, 0.6) is 0 Å². The van der Waals surface area contributed by atoms with Crippen molar-refractivity contribution in [3.05, 3.63) is 41.0 Å². The lowest BCUT2D eigenvalue weighted by Crippen LogP contribution is -1.91. The van der Waals surface area contributed by atoms with Crippen LogP contribution in [-0.4, -0.2) is 4.98 Å². The van der Waals surface area contributed by atoms with Gasteiger partial charge in [-0.3, -0.25) is 0 Å². The first-order valence-electron chi connectivity index (χ1n) is 9.85. The van der Waals surface area contributed by atoms with E-state index >= 15 is 0 Å². The lowest BCUT2D eigenvalue weighted by molar-refractivity contribution is 0.549. The van der Waals surface area contributed by atoms with Crippen LogP contribution in [0.15, 0.2) is 30.3 Å². The first-order chi connectivity index (χ1) is 11.8. The summed E-state index contributed by atoms with van der Waals surface area (Å²) in [5, 5.41) is 1.88. The van der Waals surface area contributed by atoms with Gasteiger partial charge < -0.3 is 0 Å². The quantitative estimate of drug-likeness (QED) is 0.283. The van der Waals surface area contributed by atoms with Crippen molar-refractivity contribution in [3.8, 4) is 0 Å². The zero-order chi connectivity index (χ0) is 17.0. The molecule has 1 aromatic heterocycles. The average Bonchev–Trinajstić information content (AvgIpc) is 2.60. The molecule has 0 N–H and O–H groups in total. The van der Waals surface area contributed by atoms with Gasteiger partial charge in [0.25, 0.3) is 0 Å². The molecular formula is C22H32ClN. The van der Waals surface area contributed by atoms with E-state index in [1.165, 1.54) is 81.6 Å². The molecule has 1 nitrogen and oxygen atoms in total. The van der Waals surface area contributed by atoms with E-state index in [2.05, 4.69) is 30.1 Å². The SMILES string of the molecule is CCCCCCCCCCCCCc1cc2ccccc2nc1Cl. The Bertz CT molecular complexity index is 594. The van der Waals surface area contributed by atoms with Gasteiger partial charge >= 0.3 is 0 Å². The molecule has 0 fully saturated rings. The van der Waals surface area contributed by atoms with Gasteiger partial charge in [0.05, 0.1) is 5.52 Å². The molecule has 0 radical (unpaired) electrons. The van der Waals surface area contributed by atoms with E-state index in [-0.39, 0.29) is 0 Å². The molecule has 1 aromatic carbocycles. The molecule has 0 spiro atoms. The molecule has 0 bridgehead atoms. The lowest BCUT2D eigenvalue weighted by Gasteiger charge is -2.06. The standard InChI is InChI=1S/C22H32ClN/c1-2-3-4-5-6-7-8-9-10-11-12-16-20-18-19-15-13-14-17-21(19)24-22(20)23/h13-15,17-18H,2-12,16H2,1H3. The minimum atomic E-state index is 0.681. The highest BCUT2D eigenvalue weighted by Gasteiger charge is 2.04. The minimum absolute atomic E-state index is 0.681. The zero-order valence-corrected chi connectivity index (χ0v) is 16.0. The highest BCUT2D eigenvalue weighted by molar-refractivity contribution is 6.30. The summed E-state index contributed by atoms with van der Waals surface area (Å²) in [7, 11) is 0. The normalized spacial score (nSPS) is 11.2. The smallest absolute Gasteiger partial charge is 0.132 e. The van der Waals surface area contributed by atoms with E-state index in [0.29, 0.717) is 5.15 Å². The van der Waals surface area contributed by atoms with Gasteiger partial charge in [-0.2, -0.15) is 0 Å². The summed E-state index contributed by atoms with van der Waals surface area (Å²) >= 11 is 6.33. The van der Waals surface area contributed by atoms with E-state index in [1.807, 2.05) is 12.1 Å². The molecule has 0 saturated carbocycles. The Morgan fingerprint density at radius 1 is 0.792 bits per heavy atom. The Morgan fingerprint density at radius 3 is 2.04 bits per heavy atom. The largest absolute Gasteiger partial charge is 0.236 e. The summed E-state index contributed by atoms with van der Waals surface area (Å²) in [6.07, 6.45) is 16.2. The predicted octanol–water partition coefficient (Wildman–Crippen LogP) is 7.74. The number of hydrogen-bond donors (Lipinski definition) is 0. The molecule has 0 amide bonds. The molecule has 1 heterocycles. The monoisotopic (exact) mass is 345 g/mol. The first kappa shape index (κ1) is 19.2. The van der Waals surface area contributed by atoms with Crippen LogP contribution in [0.3, 0.4) is 0 Å². The maximum atomic E-state index is 6.33. The molecule has 0 atom stereocenters. The van der Waals surface area contributed by atoms with Crippen LogP contribution >= 0.6 is 11.6 Å². The number of fused-ring (bicyclic) bond motifs is 1. The molecule has 2 rings (SSSR count). The predicted molar refractivity (Wildman–Crippen MR) is 107 cm³/mol. The fraction of sp³-hybridized carbons (Fsp3) is 0.591. The van der Waals surface area contributed by atoms with Crippen LogP contribution in [-0.2, 0) is 6.42 Å². The summed E-state index contributed by atoms with van der Waals surface area (Å²) in [6, 6.07) is 10.4. The van der Waals surface area contributed by atoms with Crippen molar-refractivity contribution in [1.82, 2.24) is 4.98 Å². The number of benzene rings is 1. The maximum Gasteiger partial charge on any atom is 0.132 e. The van der Waals surface area contributed by atoms with Gasteiger partial charge in [-0.15, -0.1) is 0 Å². The summed E-state index contributed by atoms with van der Waals surface area (Å²) in [5.41, 5.74) is 2.19. The Hall–Kier alpha value is -1.08. The Morgan fingerprint density at radius 2 is 1.38 bits per heavy atom. The molecule has 0 aliphatic heterocycles. The molecule has 0 unspecified atom stereocenters. The van der Waals surface area contributed by atoms with E-state index in [4.69, 9.17) is 11.6 Å². The van der Waals surface area contributed by atoms with Crippen molar-refractivity contribution in [3.63, 3.8) is 0 Å². The molecule has 0 aliphatic rings. The Labute approximate surface area is 152 Å². The second-order valence-electron chi connectivity index (χ2n) is 6.92. The van der Waals surface area contributed by atoms with Crippen molar-refractivity contribution in [2.24, 2.45) is 0 Å². The van der Waals surface area contributed by atoms with Crippen LogP contribution in [0.1, 0.15) is 83.1 Å². The lowest BCUT2D eigenvalue weighted by atomic mass is 10.0. The molecule has 0 aliphatic carbocycles. The topological polar surface area (TPSA) is 12.9 Å². The Balaban J connectivity index is 1.57. The molecular weight excluding hydrogens is 314 g/mol. The van der Waals surface area contributed by atoms with Gasteiger partial charge in [-0.25, -0.2) is 4.98 Å². The van der Waals surface area contributed by atoms with E-state index < -0.39 is 0 Å².